The van der Waals surface area contributed by atoms with Crippen molar-refractivity contribution in [2.24, 2.45) is 0 Å². The minimum Gasteiger partial charge on any atom is -0.502 e. The zero-order valence-corrected chi connectivity index (χ0v) is 9.51. The quantitative estimate of drug-likeness (QED) is 0.630. The molecule has 0 saturated heterocycles. The van der Waals surface area contributed by atoms with E-state index in [9.17, 15) is 19.3 Å². The summed E-state index contributed by atoms with van der Waals surface area (Å²) in [6.45, 7) is 1.52. The van der Waals surface area contributed by atoms with Crippen molar-refractivity contribution in [1.29, 1.82) is 0 Å². The van der Waals surface area contributed by atoms with Crippen molar-refractivity contribution in [3.8, 4) is 5.75 Å². The van der Waals surface area contributed by atoms with Gasteiger partial charge in [-0.3, -0.25) is 14.9 Å². The number of phenols is 1. The summed E-state index contributed by atoms with van der Waals surface area (Å²) in [5.41, 5.74) is -0.611. The Labute approximate surface area is 102 Å². The Bertz CT molecular complexity index is 514. The Morgan fingerprint density at radius 3 is 2.83 bits per heavy atom. The summed E-state index contributed by atoms with van der Waals surface area (Å²) in [5.74, 6) is -1.74. The number of halogens is 1. The van der Waals surface area contributed by atoms with E-state index in [1.807, 2.05) is 0 Å². The molecule has 6 nitrogen and oxygen atoms in total. The monoisotopic (exact) mass is 254 g/mol. The summed E-state index contributed by atoms with van der Waals surface area (Å²) >= 11 is 0. The van der Waals surface area contributed by atoms with Crippen molar-refractivity contribution in [3.63, 3.8) is 0 Å². The van der Waals surface area contributed by atoms with E-state index in [1.54, 1.807) is 0 Å². The van der Waals surface area contributed by atoms with E-state index in [4.69, 9.17) is 5.11 Å². The molecule has 1 amide bonds. The van der Waals surface area contributed by atoms with Gasteiger partial charge in [0.05, 0.1) is 4.92 Å². The van der Waals surface area contributed by atoms with Gasteiger partial charge in [0.2, 0.25) is 5.91 Å². The predicted octanol–water partition coefficient (Wildman–Crippen LogP) is 1.59. The molecule has 7 heteroatoms. The number of benzene rings is 1. The molecule has 0 atom stereocenters. The van der Waals surface area contributed by atoms with E-state index >= 15 is 0 Å². The second kappa shape index (κ2) is 5.76. The van der Waals surface area contributed by atoms with Crippen LogP contribution in [0.25, 0.3) is 6.08 Å². The molecule has 0 aromatic heterocycles. The highest BCUT2D eigenvalue weighted by Gasteiger charge is 2.16. The van der Waals surface area contributed by atoms with Crippen LogP contribution in [0.1, 0.15) is 12.5 Å². The van der Waals surface area contributed by atoms with Gasteiger partial charge in [0, 0.05) is 31.2 Å². The highest BCUT2D eigenvalue weighted by atomic mass is 19.1. The first kappa shape index (κ1) is 13.6. The van der Waals surface area contributed by atoms with E-state index in [2.05, 4.69) is 5.32 Å². The van der Waals surface area contributed by atoms with Crippen molar-refractivity contribution < 1.29 is 19.2 Å². The van der Waals surface area contributed by atoms with Gasteiger partial charge >= 0.3 is 5.69 Å². The van der Waals surface area contributed by atoms with Gasteiger partial charge in [-0.05, 0) is 0 Å². The summed E-state index contributed by atoms with van der Waals surface area (Å²) in [4.78, 5) is 20.3. The largest absolute Gasteiger partial charge is 0.502 e. The van der Waals surface area contributed by atoms with Crippen LogP contribution in [0.4, 0.5) is 10.1 Å². The zero-order valence-electron chi connectivity index (χ0n) is 9.51. The second-order valence-electron chi connectivity index (χ2n) is 3.46. The van der Waals surface area contributed by atoms with Crippen LogP contribution >= 0.6 is 0 Å². The molecule has 0 aliphatic carbocycles. The van der Waals surface area contributed by atoms with Crippen LogP contribution in [0, 0.1) is 15.9 Å². The fourth-order valence-electron chi connectivity index (χ4n) is 1.23. The molecule has 0 spiro atoms. The first-order valence-corrected chi connectivity index (χ1v) is 4.99. The minimum absolute atomic E-state index is 0.0372. The summed E-state index contributed by atoms with van der Waals surface area (Å²) in [6, 6.07) is 1.60. The molecule has 1 rings (SSSR count). The number of phenolic OH excluding ortho intramolecular Hbond substituents is 1. The lowest BCUT2D eigenvalue weighted by Crippen LogP contribution is -2.19. The zero-order chi connectivity index (χ0) is 13.7. The van der Waals surface area contributed by atoms with Crippen LogP contribution in [0.3, 0.4) is 0 Å². The van der Waals surface area contributed by atoms with Crippen LogP contribution in [-0.2, 0) is 4.79 Å². The number of rotatable bonds is 4. The van der Waals surface area contributed by atoms with Gasteiger partial charge in [-0.2, -0.15) is 0 Å². The normalized spacial score (nSPS) is 10.6. The SMILES string of the molecule is CC(=O)NCC=Cc1cc([N+](=O)[O-])c(O)cc1F. The van der Waals surface area contributed by atoms with Gasteiger partial charge < -0.3 is 10.4 Å². The van der Waals surface area contributed by atoms with Gasteiger partial charge in [0.1, 0.15) is 5.82 Å². The van der Waals surface area contributed by atoms with Crippen LogP contribution in [0.5, 0.6) is 5.75 Å². The Hall–Kier alpha value is -2.44. The average molecular weight is 254 g/mol. The highest BCUT2D eigenvalue weighted by molar-refractivity contribution is 5.73. The number of nitro benzene ring substituents is 1. The van der Waals surface area contributed by atoms with E-state index in [0.717, 1.165) is 6.07 Å². The van der Waals surface area contributed by atoms with Gasteiger partial charge in [0.15, 0.2) is 5.75 Å². The number of hydrogen-bond acceptors (Lipinski definition) is 4. The van der Waals surface area contributed by atoms with E-state index in [0.29, 0.717) is 6.07 Å². The van der Waals surface area contributed by atoms with Gasteiger partial charge in [0.25, 0.3) is 0 Å². The number of amides is 1. The number of nitro groups is 1. The highest BCUT2D eigenvalue weighted by Crippen LogP contribution is 2.29. The maximum absolute atomic E-state index is 13.4. The van der Waals surface area contributed by atoms with E-state index in [1.165, 1.54) is 19.1 Å². The second-order valence-corrected chi connectivity index (χ2v) is 3.46. The molecule has 1 aromatic rings. The lowest BCUT2D eigenvalue weighted by Gasteiger charge is -2.00. The first-order valence-electron chi connectivity index (χ1n) is 4.99. The summed E-state index contributed by atoms with van der Waals surface area (Å²) < 4.78 is 13.4. The maximum Gasteiger partial charge on any atom is 0.311 e. The third-order valence-corrected chi connectivity index (χ3v) is 2.06. The van der Waals surface area contributed by atoms with Gasteiger partial charge in [-0.15, -0.1) is 0 Å². The Morgan fingerprint density at radius 1 is 1.61 bits per heavy atom. The van der Waals surface area contributed by atoms with Crippen molar-refractivity contribution in [2.75, 3.05) is 6.54 Å². The number of nitrogens with zero attached hydrogens (tertiary/aromatic N) is 1. The van der Waals surface area contributed by atoms with Gasteiger partial charge in [-0.25, -0.2) is 4.39 Å². The third-order valence-electron chi connectivity index (χ3n) is 2.06. The number of carbonyl (C=O) groups excluding carboxylic acids is 1. The van der Waals surface area contributed by atoms with E-state index in [-0.39, 0.29) is 18.0 Å². The number of carbonyl (C=O) groups is 1. The summed E-state index contributed by atoms with van der Waals surface area (Å²) in [5, 5.41) is 22.2. The molecule has 96 valence electrons. The molecule has 0 fully saturated rings. The topological polar surface area (TPSA) is 92.5 Å². The van der Waals surface area contributed by atoms with Crippen molar-refractivity contribution in [3.05, 3.63) is 39.7 Å². The molecule has 0 aliphatic rings. The van der Waals surface area contributed by atoms with Crippen molar-refractivity contribution in [1.82, 2.24) is 5.32 Å². The number of aromatic hydroxyl groups is 1. The van der Waals surface area contributed by atoms with Crippen molar-refractivity contribution >= 4 is 17.7 Å². The Morgan fingerprint density at radius 2 is 2.28 bits per heavy atom. The molecule has 0 bridgehead atoms. The molecule has 1 aromatic carbocycles. The Balaban J connectivity index is 2.92. The van der Waals surface area contributed by atoms with Crippen LogP contribution < -0.4 is 5.32 Å². The predicted molar refractivity (Wildman–Crippen MR) is 62.4 cm³/mol. The lowest BCUT2D eigenvalue weighted by atomic mass is 10.1. The van der Waals surface area contributed by atoms with E-state index < -0.39 is 22.2 Å². The molecule has 2 N–H and O–H groups in total. The standard InChI is InChI=1S/C11H11FN2O4/c1-7(15)13-4-2-3-8-5-10(14(17)18)11(16)6-9(8)12/h2-3,5-6,16H,4H2,1H3,(H,13,15). The fraction of sp³-hybridized carbons (Fsp3) is 0.182. The molecular formula is C11H11FN2O4. The average Bonchev–Trinajstić information content (AvgIpc) is 2.25. The fourth-order valence-corrected chi connectivity index (χ4v) is 1.23. The van der Waals surface area contributed by atoms with Crippen LogP contribution in [0.2, 0.25) is 0 Å². The molecular weight excluding hydrogens is 243 g/mol. The number of hydrogen-bond donors (Lipinski definition) is 2. The maximum atomic E-state index is 13.4. The van der Waals surface area contributed by atoms with Crippen LogP contribution in [-0.4, -0.2) is 22.5 Å². The molecule has 0 saturated carbocycles. The minimum atomic E-state index is -0.806. The summed E-state index contributed by atoms with van der Waals surface area (Å²) in [7, 11) is 0. The lowest BCUT2D eigenvalue weighted by molar-refractivity contribution is -0.385. The van der Waals surface area contributed by atoms with Crippen LogP contribution in [0.15, 0.2) is 18.2 Å². The molecule has 0 heterocycles. The molecule has 0 radical (unpaired) electrons. The molecule has 0 unspecified atom stereocenters. The first-order chi connectivity index (χ1) is 8.41. The van der Waals surface area contributed by atoms with Crippen molar-refractivity contribution in [2.45, 2.75) is 6.92 Å². The van der Waals surface area contributed by atoms with Gasteiger partial charge in [-0.1, -0.05) is 12.2 Å². The summed E-state index contributed by atoms with van der Waals surface area (Å²) in [6.07, 6.45) is 2.73. The smallest absolute Gasteiger partial charge is 0.311 e. The molecule has 18 heavy (non-hydrogen) atoms. The third kappa shape index (κ3) is 3.55. The Kier molecular flexibility index (Phi) is 4.36. The molecule has 0 aliphatic heterocycles. The number of nitrogens with one attached hydrogen (secondary N) is 1.